The summed E-state index contributed by atoms with van der Waals surface area (Å²) >= 11 is 7.14. The van der Waals surface area contributed by atoms with Gasteiger partial charge in [-0.3, -0.25) is 0 Å². The Labute approximate surface area is 128 Å². The van der Waals surface area contributed by atoms with Crippen LogP contribution in [0.1, 0.15) is 0 Å². The molecule has 0 saturated carbocycles. The largest absolute Gasteiger partial charge is 0.360 e. The summed E-state index contributed by atoms with van der Waals surface area (Å²) in [4.78, 5) is 6.25. The first-order chi connectivity index (χ1) is 9.72. The molecule has 1 aromatic carbocycles. The number of hydrogen-bond acceptors (Lipinski definition) is 3. The normalized spacial score (nSPS) is 20.8. The number of thioether (sulfide) groups is 1. The molecule has 0 spiro atoms. The molecule has 2 aliphatic rings. The second-order valence-corrected chi connectivity index (χ2v) is 6.98. The summed E-state index contributed by atoms with van der Waals surface area (Å²) in [6, 6.07) is 6.81. The first-order valence-electron chi connectivity index (χ1n) is 6.98. The van der Waals surface area contributed by atoms with Crippen molar-refractivity contribution in [2.45, 2.75) is 0 Å². The fraction of sp³-hybridized carbons (Fsp3) is 0.500. The average molecular weight is 312 g/mol. The maximum atomic E-state index is 12.9. The summed E-state index contributed by atoms with van der Waals surface area (Å²) in [6.45, 7) is 6.39. The van der Waals surface area contributed by atoms with Gasteiger partial charge < -0.3 is 14.7 Å². The van der Waals surface area contributed by atoms with E-state index in [0.717, 1.165) is 55.2 Å². The molecule has 3 rings (SSSR count). The number of quaternary nitrogens is 1. The van der Waals surface area contributed by atoms with Crippen LogP contribution in [0.4, 0.5) is 10.1 Å². The SMILES string of the molecule is Fc1ccc(N2CC[NH+](CN3CCSC3=S)CC2)cc1. The molecular formula is C14H19FN3S2+. The minimum Gasteiger partial charge on any atom is -0.360 e. The number of anilines is 1. The number of rotatable bonds is 3. The second kappa shape index (κ2) is 6.28. The molecule has 1 aromatic rings. The van der Waals surface area contributed by atoms with E-state index in [0.29, 0.717) is 0 Å². The highest BCUT2D eigenvalue weighted by Crippen LogP contribution is 2.16. The van der Waals surface area contributed by atoms with Crippen LogP contribution in [0.5, 0.6) is 0 Å². The van der Waals surface area contributed by atoms with E-state index in [9.17, 15) is 4.39 Å². The Balaban J connectivity index is 1.51. The van der Waals surface area contributed by atoms with Crippen molar-refractivity contribution >= 4 is 34.0 Å². The summed E-state index contributed by atoms with van der Waals surface area (Å²) < 4.78 is 14.0. The van der Waals surface area contributed by atoms with Gasteiger partial charge in [0, 0.05) is 18.0 Å². The number of nitrogens with zero attached hydrogens (tertiary/aromatic N) is 2. The van der Waals surface area contributed by atoms with E-state index in [1.165, 1.54) is 12.1 Å². The lowest BCUT2D eigenvalue weighted by Crippen LogP contribution is -3.16. The molecule has 1 N–H and O–H groups in total. The van der Waals surface area contributed by atoms with Crippen LogP contribution in [-0.4, -0.2) is 54.4 Å². The molecule has 2 saturated heterocycles. The van der Waals surface area contributed by atoms with Gasteiger partial charge in [0.1, 0.15) is 10.1 Å². The zero-order chi connectivity index (χ0) is 13.9. The van der Waals surface area contributed by atoms with Gasteiger partial charge in [0.25, 0.3) is 0 Å². The molecule has 20 heavy (non-hydrogen) atoms. The highest BCUT2D eigenvalue weighted by atomic mass is 32.2. The molecular weight excluding hydrogens is 293 g/mol. The van der Waals surface area contributed by atoms with Crippen molar-refractivity contribution < 1.29 is 9.29 Å². The standard InChI is InChI=1S/C14H18FN3S2/c15-12-1-3-13(4-2-12)17-7-5-16(6-8-17)11-18-9-10-20-14(18)19/h1-4H,5-11H2/p+1. The van der Waals surface area contributed by atoms with Gasteiger partial charge in [-0.1, -0.05) is 24.0 Å². The van der Waals surface area contributed by atoms with Crippen LogP contribution in [0.3, 0.4) is 0 Å². The molecule has 2 fully saturated rings. The van der Waals surface area contributed by atoms with Gasteiger partial charge in [0.05, 0.1) is 26.2 Å². The fourth-order valence-corrected chi connectivity index (χ4v) is 3.96. The van der Waals surface area contributed by atoms with Gasteiger partial charge in [-0.05, 0) is 24.3 Å². The molecule has 0 unspecified atom stereocenters. The fourth-order valence-electron chi connectivity index (χ4n) is 2.73. The molecule has 3 nitrogen and oxygen atoms in total. The van der Waals surface area contributed by atoms with Gasteiger partial charge in [-0.15, -0.1) is 0 Å². The second-order valence-electron chi connectivity index (χ2n) is 5.25. The predicted octanol–water partition coefficient (Wildman–Crippen LogP) is 0.822. The Morgan fingerprint density at radius 1 is 1.15 bits per heavy atom. The third-order valence-electron chi connectivity index (χ3n) is 3.92. The molecule has 0 radical (unpaired) electrons. The monoisotopic (exact) mass is 312 g/mol. The lowest BCUT2D eigenvalue weighted by molar-refractivity contribution is -0.909. The van der Waals surface area contributed by atoms with Gasteiger partial charge in [0.15, 0.2) is 6.67 Å². The Morgan fingerprint density at radius 2 is 1.85 bits per heavy atom. The number of nitrogens with one attached hydrogen (secondary N) is 1. The minimum atomic E-state index is -0.168. The Kier molecular flexibility index (Phi) is 4.43. The van der Waals surface area contributed by atoms with E-state index >= 15 is 0 Å². The van der Waals surface area contributed by atoms with E-state index in [1.54, 1.807) is 16.7 Å². The molecule has 0 aromatic heterocycles. The summed E-state index contributed by atoms with van der Waals surface area (Å²) in [7, 11) is 0. The van der Waals surface area contributed by atoms with Crippen LogP contribution < -0.4 is 9.80 Å². The number of halogens is 1. The molecule has 0 aliphatic carbocycles. The van der Waals surface area contributed by atoms with Crippen LogP contribution in [0, 0.1) is 5.82 Å². The van der Waals surface area contributed by atoms with Crippen LogP contribution >= 0.6 is 24.0 Å². The van der Waals surface area contributed by atoms with Gasteiger partial charge in [-0.25, -0.2) is 4.39 Å². The summed E-state index contributed by atoms with van der Waals surface area (Å²) in [5.41, 5.74) is 1.12. The van der Waals surface area contributed by atoms with Crippen molar-refractivity contribution in [3.8, 4) is 0 Å². The summed E-state index contributed by atoms with van der Waals surface area (Å²) in [5.74, 6) is 0.964. The highest BCUT2D eigenvalue weighted by molar-refractivity contribution is 8.23. The van der Waals surface area contributed by atoms with Crippen molar-refractivity contribution in [3.63, 3.8) is 0 Å². The minimum absolute atomic E-state index is 0.168. The first kappa shape index (κ1) is 14.1. The number of benzene rings is 1. The summed E-state index contributed by atoms with van der Waals surface area (Å²) in [5, 5.41) is 0. The van der Waals surface area contributed by atoms with E-state index in [1.807, 2.05) is 12.1 Å². The van der Waals surface area contributed by atoms with Crippen LogP contribution in [0.2, 0.25) is 0 Å². The van der Waals surface area contributed by atoms with E-state index in [-0.39, 0.29) is 5.82 Å². The third kappa shape index (κ3) is 3.24. The number of piperazine rings is 1. The van der Waals surface area contributed by atoms with Gasteiger partial charge in [0.2, 0.25) is 0 Å². The Hall–Kier alpha value is -0.850. The van der Waals surface area contributed by atoms with E-state index in [4.69, 9.17) is 12.2 Å². The molecule has 2 aliphatic heterocycles. The van der Waals surface area contributed by atoms with Crippen molar-refractivity contribution in [3.05, 3.63) is 30.1 Å². The number of hydrogen-bond donors (Lipinski definition) is 1. The maximum absolute atomic E-state index is 12.9. The molecule has 108 valence electrons. The summed E-state index contributed by atoms with van der Waals surface area (Å²) in [6.07, 6.45) is 0. The third-order valence-corrected chi connectivity index (χ3v) is 5.43. The smallest absolute Gasteiger partial charge is 0.154 e. The predicted molar refractivity (Wildman–Crippen MR) is 85.9 cm³/mol. The molecule has 0 atom stereocenters. The van der Waals surface area contributed by atoms with E-state index in [2.05, 4.69) is 9.80 Å². The zero-order valence-electron chi connectivity index (χ0n) is 11.3. The average Bonchev–Trinajstić information content (AvgIpc) is 2.86. The topological polar surface area (TPSA) is 10.9 Å². The Morgan fingerprint density at radius 3 is 2.45 bits per heavy atom. The molecule has 0 amide bonds. The van der Waals surface area contributed by atoms with Crippen molar-refractivity contribution in [1.29, 1.82) is 0 Å². The van der Waals surface area contributed by atoms with Crippen molar-refractivity contribution in [1.82, 2.24) is 4.90 Å². The molecule has 0 bridgehead atoms. The van der Waals surface area contributed by atoms with Gasteiger partial charge >= 0.3 is 0 Å². The molecule has 2 heterocycles. The van der Waals surface area contributed by atoms with Crippen LogP contribution in [-0.2, 0) is 0 Å². The lowest BCUT2D eigenvalue weighted by atomic mass is 10.2. The van der Waals surface area contributed by atoms with Crippen molar-refractivity contribution in [2.24, 2.45) is 0 Å². The first-order valence-corrected chi connectivity index (χ1v) is 8.37. The van der Waals surface area contributed by atoms with Crippen LogP contribution in [0.15, 0.2) is 24.3 Å². The maximum Gasteiger partial charge on any atom is 0.154 e. The van der Waals surface area contributed by atoms with E-state index < -0.39 is 0 Å². The highest BCUT2D eigenvalue weighted by Gasteiger charge is 2.25. The zero-order valence-corrected chi connectivity index (χ0v) is 13.0. The Bertz CT molecular complexity index is 472. The van der Waals surface area contributed by atoms with Gasteiger partial charge in [-0.2, -0.15) is 0 Å². The quantitative estimate of drug-likeness (QED) is 0.828. The van der Waals surface area contributed by atoms with Crippen LogP contribution in [0.25, 0.3) is 0 Å². The number of thiocarbonyl (C=S) groups is 1. The lowest BCUT2D eigenvalue weighted by Gasteiger charge is -2.35. The molecule has 6 heteroatoms. The van der Waals surface area contributed by atoms with Crippen molar-refractivity contribution in [2.75, 3.05) is 50.0 Å².